The molecule has 28 heavy (non-hydrogen) atoms. The minimum atomic E-state index is -0.986. The van der Waals surface area contributed by atoms with Crippen molar-refractivity contribution in [2.75, 3.05) is 10.6 Å². The summed E-state index contributed by atoms with van der Waals surface area (Å²) in [5.74, 6) is 0.265. The number of carbonyl (C=O) groups excluding carboxylic acids is 2. The third-order valence-electron chi connectivity index (χ3n) is 5.08. The van der Waals surface area contributed by atoms with E-state index in [0.29, 0.717) is 18.5 Å². The molecule has 0 aromatic heterocycles. The predicted molar refractivity (Wildman–Crippen MR) is 112 cm³/mol. The standard InChI is InChI=1S/C23H28N2O3/c1-5-17-8-6-7-16(4)20(17)25-22(27)23(13-14-23)21(26)24-18-9-11-19(12-10-18)28-15(2)3/h6-12,15H,5,13-14H2,1-4H3,(H,24,26)(H,25,27). The molecule has 0 unspecified atom stereocenters. The maximum absolute atomic E-state index is 12.9. The largest absolute Gasteiger partial charge is 0.491 e. The molecule has 1 aliphatic carbocycles. The lowest BCUT2D eigenvalue weighted by Gasteiger charge is -2.18. The summed E-state index contributed by atoms with van der Waals surface area (Å²) in [6.07, 6.45) is 2.04. The topological polar surface area (TPSA) is 67.4 Å². The number of carbonyl (C=O) groups is 2. The van der Waals surface area contributed by atoms with Crippen LogP contribution in [0.1, 0.15) is 44.7 Å². The van der Waals surface area contributed by atoms with Crippen molar-refractivity contribution in [3.05, 3.63) is 53.6 Å². The zero-order valence-electron chi connectivity index (χ0n) is 17.0. The van der Waals surface area contributed by atoms with Crippen molar-refractivity contribution in [1.82, 2.24) is 0 Å². The Hall–Kier alpha value is -2.82. The summed E-state index contributed by atoms with van der Waals surface area (Å²) in [5.41, 5.74) is 2.57. The number of hydrogen-bond donors (Lipinski definition) is 2. The molecule has 148 valence electrons. The first-order valence-corrected chi connectivity index (χ1v) is 9.84. The molecule has 2 N–H and O–H groups in total. The van der Waals surface area contributed by atoms with Crippen molar-refractivity contribution >= 4 is 23.2 Å². The number of para-hydroxylation sites is 1. The van der Waals surface area contributed by atoms with Crippen molar-refractivity contribution < 1.29 is 14.3 Å². The fraction of sp³-hybridized carbons (Fsp3) is 0.391. The summed E-state index contributed by atoms with van der Waals surface area (Å²) >= 11 is 0. The summed E-state index contributed by atoms with van der Waals surface area (Å²) in [4.78, 5) is 25.8. The lowest BCUT2D eigenvalue weighted by molar-refractivity contribution is -0.131. The second-order valence-corrected chi connectivity index (χ2v) is 7.64. The van der Waals surface area contributed by atoms with Crippen LogP contribution in [0.2, 0.25) is 0 Å². The van der Waals surface area contributed by atoms with Gasteiger partial charge in [0.2, 0.25) is 11.8 Å². The maximum atomic E-state index is 12.9. The third kappa shape index (κ3) is 4.19. The Kier molecular flexibility index (Phi) is 5.73. The summed E-state index contributed by atoms with van der Waals surface area (Å²) in [6, 6.07) is 13.2. The van der Waals surface area contributed by atoms with Gasteiger partial charge in [0.15, 0.2) is 0 Å². The van der Waals surface area contributed by atoms with E-state index in [9.17, 15) is 9.59 Å². The summed E-state index contributed by atoms with van der Waals surface area (Å²) in [7, 11) is 0. The zero-order chi connectivity index (χ0) is 20.3. The number of rotatable bonds is 7. The summed E-state index contributed by atoms with van der Waals surface area (Å²) in [5, 5.41) is 5.89. The molecule has 0 bridgehead atoms. The van der Waals surface area contributed by atoms with E-state index in [1.165, 1.54) is 0 Å². The molecule has 0 atom stereocenters. The number of benzene rings is 2. The highest BCUT2D eigenvalue weighted by Gasteiger charge is 2.56. The normalized spacial score (nSPS) is 14.5. The van der Waals surface area contributed by atoms with Crippen molar-refractivity contribution in [3.8, 4) is 5.75 Å². The van der Waals surface area contributed by atoms with E-state index in [1.54, 1.807) is 12.1 Å². The monoisotopic (exact) mass is 380 g/mol. The first-order valence-electron chi connectivity index (χ1n) is 9.84. The molecule has 3 rings (SSSR count). The van der Waals surface area contributed by atoms with Crippen LogP contribution in [-0.2, 0) is 16.0 Å². The Morgan fingerprint density at radius 2 is 1.68 bits per heavy atom. The molecule has 0 spiro atoms. The van der Waals surface area contributed by atoms with Crippen molar-refractivity contribution in [1.29, 1.82) is 0 Å². The van der Waals surface area contributed by atoms with Gasteiger partial charge in [-0.1, -0.05) is 25.1 Å². The SMILES string of the molecule is CCc1cccc(C)c1NC(=O)C1(C(=O)Nc2ccc(OC(C)C)cc2)CC1. The highest BCUT2D eigenvalue weighted by Crippen LogP contribution is 2.47. The van der Waals surface area contributed by atoms with Gasteiger partial charge >= 0.3 is 0 Å². The second-order valence-electron chi connectivity index (χ2n) is 7.64. The third-order valence-corrected chi connectivity index (χ3v) is 5.08. The molecule has 1 aliphatic rings. The van der Waals surface area contributed by atoms with E-state index in [2.05, 4.69) is 17.6 Å². The predicted octanol–water partition coefficient (Wildman–Crippen LogP) is 4.70. The van der Waals surface area contributed by atoms with Crippen LogP contribution in [0.3, 0.4) is 0 Å². The van der Waals surface area contributed by atoms with Crippen molar-refractivity contribution in [3.63, 3.8) is 0 Å². The van der Waals surface area contributed by atoms with Gasteiger partial charge in [0, 0.05) is 11.4 Å². The fourth-order valence-electron chi connectivity index (χ4n) is 3.26. The molecule has 5 heteroatoms. The molecule has 5 nitrogen and oxygen atoms in total. The Bertz CT molecular complexity index is 868. The van der Waals surface area contributed by atoms with Gasteiger partial charge in [-0.3, -0.25) is 9.59 Å². The number of aryl methyl sites for hydroxylation is 2. The minimum Gasteiger partial charge on any atom is -0.491 e. The number of amides is 2. The summed E-state index contributed by atoms with van der Waals surface area (Å²) in [6.45, 7) is 7.94. The van der Waals surface area contributed by atoms with E-state index >= 15 is 0 Å². The maximum Gasteiger partial charge on any atom is 0.240 e. The number of nitrogens with one attached hydrogen (secondary N) is 2. The fourth-order valence-corrected chi connectivity index (χ4v) is 3.26. The van der Waals surface area contributed by atoms with Crippen LogP contribution in [0, 0.1) is 12.3 Å². The Morgan fingerprint density at radius 3 is 2.25 bits per heavy atom. The van der Waals surface area contributed by atoms with E-state index in [4.69, 9.17) is 4.74 Å². The molecular formula is C23H28N2O3. The van der Waals surface area contributed by atoms with Crippen molar-refractivity contribution in [2.45, 2.75) is 53.1 Å². The quantitative estimate of drug-likeness (QED) is 0.684. The molecule has 2 amide bonds. The Morgan fingerprint density at radius 1 is 1.04 bits per heavy atom. The van der Waals surface area contributed by atoms with E-state index in [-0.39, 0.29) is 17.9 Å². The van der Waals surface area contributed by atoms with E-state index < -0.39 is 5.41 Å². The van der Waals surface area contributed by atoms with Crippen LogP contribution >= 0.6 is 0 Å². The van der Waals surface area contributed by atoms with Gasteiger partial charge in [0.1, 0.15) is 11.2 Å². The van der Waals surface area contributed by atoms with E-state index in [1.807, 2.05) is 51.1 Å². The minimum absolute atomic E-state index is 0.0910. The lowest BCUT2D eigenvalue weighted by Crippen LogP contribution is -2.36. The van der Waals surface area contributed by atoms with Gasteiger partial charge in [-0.05, 0) is 75.4 Å². The van der Waals surface area contributed by atoms with Crippen LogP contribution in [0.5, 0.6) is 5.75 Å². The van der Waals surface area contributed by atoms with Gasteiger partial charge in [0.25, 0.3) is 0 Å². The van der Waals surface area contributed by atoms with Gasteiger partial charge in [-0.15, -0.1) is 0 Å². The molecule has 0 saturated heterocycles. The van der Waals surface area contributed by atoms with Gasteiger partial charge < -0.3 is 15.4 Å². The number of anilines is 2. The van der Waals surface area contributed by atoms with Crippen LogP contribution in [-0.4, -0.2) is 17.9 Å². The highest BCUT2D eigenvalue weighted by molar-refractivity contribution is 6.17. The van der Waals surface area contributed by atoms with Crippen LogP contribution in [0.25, 0.3) is 0 Å². The average Bonchev–Trinajstić information content (AvgIpc) is 3.46. The zero-order valence-corrected chi connectivity index (χ0v) is 17.0. The summed E-state index contributed by atoms with van der Waals surface area (Å²) < 4.78 is 5.61. The molecule has 1 fully saturated rings. The van der Waals surface area contributed by atoms with Crippen molar-refractivity contribution in [2.24, 2.45) is 5.41 Å². The molecule has 1 saturated carbocycles. The van der Waals surface area contributed by atoms with Gasteiger partial charge in [-0.2, -0.15) is 0 Å². The highest BCUT2D eigenvalue weighted by atomic mass is 16.5. The molecule has 0 heterocycles. The smallest absolute Gasteiger partial charge is 0.240 e. The van der Waals surface area contributed by atoms with Crippen LogP contribution in [0.4, 0.5) is 11.4 Å². The molecule has 2 aromatic rings. The molecule has 0 radical (unpaired) electrons. The van der Waals surface area contributed by atoms with Gasteiger partial charge in [-0.25, -0.2) is 0 Å². The first kappa shape index (κ1) is 19.9. The van der Waals surface area contributed by atoms with Crippen LogP contribution < -0.4 is 15.4 Å². The van der Waals surface area contributed by atoms with E-state index in [0.717, 1.165) is 29.0 Å². The van der Waals surface area contributed by atoms with Crippen LogP contribution in [0.15, 0.2) is 42.5 Å². The first-order chi connectivity index (χ1) is 13.4. The molecule has 2 aromatic carbocycles. The number of ether oxygens (including phenoxy) is 1. The molecule has 0 aliphatic heterocycles. The van der Waals surface area contributed by atoms with Gasteiger partial charge in [0.05, 0.1) is 6.10 Å². The Balaban J connectivity index is 1.69. The lowest BCUT2D eigenvalue weighted by atomic mass is 10.0. The number of hydrogen-bond acceptors (Lipinski definition) is 3. The average molecular weight is 380 g/mol. The molecular weight excluding hydrogens is 352 g/mol. The second kappa shape index (κ2) is 8.05. The Labute approximate surface area is 166 Å².